The first kappa shape index (κ1) is 16.4. The normalized spacial score (nSPS) is 14.2. The number of amides is 1. The van der Waals surface area contributed by atoms with Crippen LogP contribution in [0.5, 0.6) is 0 Å². The fourth-order valence-electron chi connectivity index (χ4n) is 3.06. The Labute approximate surface area is 142 Å². The molecule has 0 spiro atoms. The van der Waals surface area contributed by atoms with Crippen LogP contribution < -0.4 is 10.2 Å². The fraction of sp³-hybridized carbons (Fsp3) is 0.529. The SMILES string of the molecule is Cc1cc(C(=O)NCc2c(C)nn(C)c2C)nc(N2CCCC2)n1. The molecule has 0 unspecified atom stereocenters. The average molecular weight is 328 g/mol. The number of aromatic nitrogens is 4. The Morgan fingerprint density at radius 2 is 1.92 bits per heavy atom. The van der Waals surface area contributed by atoms with Gasteiger partial charge in [-0.3, -0.25) is 9.48 Å². The van der Waals surface area contributed by atoms with Crippen LogP contribution in [0.1, 0.15) is 46.0 Å². The van der Waals surface area contributed by atoms with E-state index < -0.39 is 0 Å². The first-order chi connectivity index (χ1) is 11.5. The number of anilines is 1. The van der Waals surface area contributed by atoms with Gasteiger partial charge in [-0.15, -0.1) is 0 Å². The van der Waals surface area contributed by atoms with Gasteiger partial charge in [-0.1, -0.05) is 0 Å². The van der Waals surface area contributed by atoms with Crippen LogP contribution in [0.15, 0.2) is 6.07 Å². The minimum atomic E-state index is -0.177. The molecule has 2 aromatic heterocycles. The molecule has 128 valence electrons. The van der Waals surface area contributed by atoms with Gasteiger partial charge in [-0.2, -0.15) is 5.10 Å². The summed E-state index contributed by atoms with van der Waals surface area (Å²) in [6.45, 7) is 8.22. The lowest BCUT2D eigenvalue weighted by Gasteiger charge is -2.16. The van der Waals surface area contributed by atoms with Crippen molar-refractivity contribution in [3.8, 4) is 0 Å². The lowest BCUT2D eigenvalue weighted by molar-refractivity contribution is 0.0945. The van der Waals surface area contributed by atoms with Crippen LogP contribution in [0.2, 0.25) is 0 Å². The summed E-state index contributed by atoms with van der Waals surface area (Å²) in [5.74, 6) is 0.481. The molecule has 1 saturated heterocycles. The molecule has 0 atom stereocenters. The highest BCUT2D eigenvalue weighted by Gasteiger charge is 2.18. The van der Waals surface area contributed by atoms with Crippen molar-refractivity contribution in [1.82, 2.24) is 25.1 Å². The number of nitrogens with zero attached hydrogens (tertiary/aromatic N) is 5. The van der Waals surface area contributed by atoms with Crippen LogP contribution in [0.4, 0.5) is 5.95 Å². The Kier molecular flexibility index (Phi) is 4.51. The first-order valence-electron chi connectivity index (χ1n) is 8.33. The largest absolute Gasteiger partial charge is 0.346 e. The molecule has 7 nitrogen and oxygen atoms in total. The zero-order chi connectivity index (χ0) is 17.3. The highest BCUT2D eigenvalue weighted by atomic mass is 16.1. The van der Waals surface area contributed by atoms with Gasteiger partial charge in [0.2, 0.25) is 5.95 Å². The van der Waals surface area contributed by atoms with E-state index in [1.165, 1.54) is 0 Å². The summed E-state index contributed by atoms with van der Waals surface area (Å²) >= 11 is 0. The molecule has 0 bridgehead atoms. The smallest absolute Gasteiger partial charge is 0.270 e. The van der Waals surface area contributed by atoms with Gasteiger partial charge in [0.1, 0.15) is 5.69 Å². The summed E-state index contributed by atoms with van der Waals surface area (Å²) in [6, 6.07) is 1.73. The number of rotatable bonds is 4. The second-order valence-electron chi connectivity index (χ2n) is 6.34. The van der Waals surface area contributed by atoms with E-state index in [0.717, 1.165) is 48.6 Å². The van der Waals surface area contributed by atoms with Crippen molar-refractivity contribution in [3.63, 3.8) is 0 Å². The van der Waals surface area contributed by atoms with Crippen LogP contribution in [-0.4, -0.2) is 38.7 Å². The van der Waals surface area contributed by atoms with Gasteiger partial charge in [-0.25, -0.2) is 9.97 Å². The number of hydrogen-bond donors (Lipinski definition) is 1. The molecule has 2 aromatic rings. The van der Waals surface area contributed by atoms with Crippen molar-refractivity contribution in [2.24, 2.45) is 7.05 Å². The summed E-state index contributed by atoms with van der Waals surface area (Å²) in [6.07, 6.45) is 2.30. The van der Waals surface area contributed by atoms with E-state index in [-0.39, 0.29) is 5.91 Å². The molecule has 1 aliphatic heterocycles. The van der Waals surface area contributed by atoms with E-state index in [1.54, 1.807) is 6.07 Å². The standard InChI is InChI=1S/C17H24N6O/c1-11-9-15(20-17(19-11)23-7-5-6-8-23)16(24)18-10-14-12(2)21-22(4)13(14)3/h9H,5-8,10H2,1-4H3,(H,18,24). The second-order valence-corrected chi connectivity index (χ2v) is 6.34. The Bertz CT molecular complexity index is 761. The number of carbonyl (C=O) groups is 1. The van der Waals surface area contributed by atoms with Crippen molar-refractivity contribution in [3.05, 3.63) is 34.4 Å². The molecule has 1 fully saturated rings. The third-order valence-electron chi connectivity index (χ3n) is 4.55. The Hall–Kier alpha value is -2.44. The predicted octanol–water partition coefficient (Wildman–Crippen LogP) is 1.67. The fourth-order valence-corrected chi connectivity index (χ4v) is 3.06. The maximum absolute atomic E-state index is 12.5. The number of hydrogen-bond acceptors (Lipinski definition) is 5. The van der Waals surface area contributed by atoms with Crippen molar-refractivity contribution in [2.45, 2.75) is 40.2 Å². The van der Waals surface area contributed by atoms with E-state index >= 15 is 0 Å². The van der Waals surface area contributed by atoms with Gasteiger partial charge in [0, 0.05) is 43.6 Å². The monoisotopic (exact) mass is 328 g/mol. The Balaban J connectivity index is 1.75. The van der Waals surface area contributed by atoms with Gasteiger partial charge >= 0.3 is 0 Å². The van der Waals surface area contributed by atoms with E-state index in [1.807, 2.05) is 32.5 Å². The molecule has 1 amide bonds. The minimum Gasteiger partial charge on any atom is -0.346 e. The molecule has 24 heavy (non-hydrogen) atoms. The highest BCUT2D eigenvalue weighted by molar-refractivity contribution is 5.92. The van der Waals surface area contributed by atoms with Crippen molar-refractivity contribution < 1.29 is 4.79 Å². The van der Waals surface area contributed by atoms with Crippen LogP contribution >= 0.6 is 0 Å². The van der Waals surface area contributed by atoms with E-state index in [4.69, 9.17) is 0 Å². The Morgan fingerprint density at radius 1 is 1.21 bits per heavy atom. The van der Waals surface area contributed by atoms with Gasteiger partial charge in [0.25, 0.3) is 5.91 Å². The Morgan fingerprint density at radius 3 is 2.54 bits per heavy atom. The molecule has 3 rings (SSSR count). The molecular formula is C17H24N6O. The molecule has 1 N–H and O–H groups in total. The van der Waals surface area contributed by atoms with E-state index in [0.29, 0.717) is 18.2 Å². The zero-order valence-electron chi connectivity index (χ0n) is 14.8. The maximum atomic E-state index is 12.5. The lowest BCUT2D eigenvalue weighted by Crippen LogP contribution is -2.27. The van der Waals surface area contributed by atoms with Gasteiger partial charge < -0.3 is 10.2 Å². The topological polar surface area (TPSA) is 75.9 Å². The predicted molar refractivity (Wildman–Crippen MR) is 92.1 cm³/mol. The van der Waals surface area contributed by atoms with Gasteiger partial charge in [0.15, 0.2) is 0 Å². The van der Waals surface area contributed by atoms with Crippen molar-refractivity contribution in [2.75, 3.05) is 18.0 Å². The average Bonchev–Trinajstić information content (AvgIpc) is 3.15. The quantitative estimate of drug-likeness (QED) is 0.924. The molecule has 0 aliphatic carbocycles. The summed E-state index contributed by atoms with van der Waals surface area (Å²) < 4.78 is 1.83. The molecular weight excluding hydrogens is 304 g/mol. The molecule has 1 aliphatic rings. The van der Waals surface area contributed by atoms with Gasteiger partial charge in [0.05, 0.1) is 5.69 Å². The molecule has 0 radical (unpaired) electrons. The molecule has 3 heterocycles. The summed E-state index contributed by atoms with van der Waals surface area (Å²) in [7, 11) is 1.91. The van der Waals surface area contributed by atoms with E-state index in [9.17, 15) is 4.79 Å². The zero-order valence-corrected chi connectivity index (χ0v) is 14.8. The molecule has 0 saturated carbocycles. The van der Waals surface area contributed by atoms with E-state index in [2.05, 4.69) is 25.3 Å². The maximum Gasteiger partial charge on any atom is 0.270 e. The van der Waals surface area contributed by atoms with Gasteiger partial charge in [-0.05, 0) is 39.7 Å². The van der Waals surface area contributed by atoms with Crippen LogP contribution in [-0.2, 0) is 13.6 Å². The second kappa shape index (κ2) is 6.59. The van der Waals surface area contributed by atoms with Crippen molar-refractivity contribution in [1.29, 1.82) is 0 Å². The number of nitrogens with one attached hydrogen (secondary N) is 1. The highest BCUT2D eigenvalue weighted by Crippen LogP contribution is 2.17. The number of aryl methyl sites for hydroxylation is 3. The van der Waals surface area contributed by atoms with Crippen molar-refractivity contribution >= 4 is 11.9 Å². The van der Waals surface area contributed by atoms with Crippen LogP contribution in [0.25, 0.3) is 0 Å². The third-order valence-corrected chi connectivity index (χ3v) is 4.55. The molecule has 7 heteroatoms. The third kappa shape index (κ3) is 3.25. The van der Waals surface area contributed by atoms with Crippen LogP contribution in [0.3, 0.4) is 0 Å². The summed E-state index contributed by atoms with van der Waals surface area (Å²) in [4.78, 5) is 23.6. The molecule has 0 aromatic carbocycles. The number of carbonyl (C=O) groups excluding carboxylic acids is 1. The van der Waals surface area contributed by atoms with Crippen LogP contribution in [0, 0.1) is 20.8 Å². The first-order valence-corrected chi connectivity index (χ1v) is 8.33. The minimum absolute atomic E-state index is 0.177. The summed E-state index contributed by atoms with van der Waals surface area (Å²) in [5, 5.41) is 7.33. The summed E-state index contributed by atoms with van der Waals surface area (Å²) in [5.41, 5.74) is 4.28. The lowest BCUT2D eigenvalue weighted by atomic mass is 10.2.